The van der Waals surface area contributed by atoms with Gasteiger partial charge in [-0.25, -0.2) is 8.42 Å². The van der Waals surface area contributed by atoms with E-state index in [0.29, 0.717) is 36.5 Å². The minimum atomic E-state index is -3.76. The number of sulfonamides is 1. The first-order chi connectivity index (χ1) is 15.8. The third-order valence-electron chi connectivity index (χ3n) is 6.67. The number of hydrogen-bond acceptors (Lipinski definition) is 7. The number of carbonyl (C=O) groups excluding carboxylic acids is 2. The largest absolute Gasteiger partial charge is 0.360 e. The molecule has 1 atom stereocenters. The topological polar surface area (TPSA) is 116 Å². The fourth-order valence-electron chi connectivity index (χ4n) is 5.06. The normalized spacial score (nSPS) is 21.4. The highest BCUT2D eigenvalue weighted by Crippen LogP contribution is 2.37. The maximum Gasteiger partial charge on any atom is 0.253 e. The first kappa shape index (κ1) is 21.9. The van der Waals surface area contributed by atoms with Crippen molar-refractivity contribution in [1.29, 1.82) is 0 Å². The maximum atomic E-state index is 13.2. The average Bonchev–Trinajstić information content (AvgIpc) is 3.32. The fraction of sp³-hybridized carbons (Fsp3) is 0.500. The van der Waals surface area contributed by atoms with Crippen LogP contribution in [0.25, 0.3) is 0 Å². The van der Waals surface area contributed by atoms with Crippen molar-refractivity contribution in [2.24, 2.45) is 0 Å². The van der Waals surface area contributed by atoms with Gasteiger partial charge in [0.2, 0.25) is 15.9 Å². The lowest BCUT2D eigenvalue weighted by Gasteiger charge is -2.33. The summed E-state index contributed by atoms with van der Waals surface area (Å²) >= 11 is 0. The van der Waals surface area contributed by atoms with E-state index in [9.17, 15) is 18.0 Å². The van der Waals surface area contributed by atoms with Crippen LogP contribution in [0.1, 0.15) is 41.1 Å². The van der Waals surface area contributed by atoms with Crippen LogP contribution in [0.3, 0.4) is 0 Å². The van der Waals surface area contributed by atoms with Crippen molar-refractivity contribution in [3.05, 3.63) is 35.2 Å². The predicted molar refractivity (Wildman–Crippen MR) is 121 cm³/mol. The van der Waals surface area contributed by atoms with Gasteiger partial charge in [-0.05, 0) is 51.3 Å². The second kappa shape index (κ2) is 8.14. The molecule has 2 aromatic rings. The average molecular weight is 474 g/mol. The molecule has 176 valence electrons. The van der Waals surface area contributed by atoms with E-state index in [-0.39, 0.29) is 41.6 Å². The summed E-state index contributed by atoms with van der Waals surface area (Å²) in [4.78, 5) is 29.5. The molecule has 0 aliphatic carbocycles. The Morgan fingerprint density at radius 1 is 1.12 bits per heavy atom. The fourth-order valence-corrected chi connectivity index (χ4v) is 6.82. The van der Waals surface area contributed by atoms with Gasteiger partial charge in [0.25, 0.3) is 5.91 Å². The second-order valence-corrected chi connectivity index (χ2v) is 10.7. The third kappa shape index (κ3) is 3.68. The van der Waals surface area contributed by atoms with Gasteiger partial charge in [-0.15, -0.1) is 0 Å². The number of nitrogens with zero attached hydrogens (tertiary/aromatic N) is 4. The molecule has 10 nitrogen and oxygen atoms in total. The minimum Gasteiger partial charge on any atom is -0.360 e. The lowest BCUT2D eigenvalue weighted by molar-refractivity contribution is -0.117. The lowest BCUT2D eigenvalue weighted by Crippen LogP contribution is -2.44. The van der Waals surface area contributed by atoms with Crippen LogP contribution in [0.4, 0.5) is 11.4 Å². The van der Waals surface area contributed by atoms with Crippen molar-refractivity contribution in [3.63, 3.8) is 0 Å². The summed E-state index contributed by atoms with van der Waals surface area (Å²) in [5.74, 6) is 0.0627. The van der Waals surface area contributed by atoms with E-state index in [0.717, 1.165) is 25.1 Å². The summed E-state index contributed by atoms with van der Waals surface area (Å²) in [5.41, 5.74) is 2.41. The first-order valence-electron chi connectivity index (χ1n) is 11.2. The van der Waals surface area contributed by atoms with Crippen LogP contribution >= 0.6 is 0 Å². The van der Waals surface area contributed by atoms with Gasteiger partial charge in [-0.2, -0.15) is 4.31 Å². The highest BCUT2D eigenvalue weighted by molar-refractivity contribution is 7.89. The molecule has 1 aromatic carbocycles. The maximum absolute atomic E-state index is 13.2. The van der Waals surface area contributed by atoms with Crippen LogP contribution in [-0.4, -0.2) is 73.4 Å². The van der Waals surface area contributed by atoms with Crippen molar-refractivity contribution in [2.45, 2.75) is 44.0 Å². The Balaban J connectivity index is 1.33. The molecule has 0 radical (unpaired) electrons. The molecule has 1 N–H and O–H groups in total. The molecular formula is C22H27N5O5S. The van der Waals surface area contributed by atoms with Gasteiger partial charge in [0, 0.05) is 38.3 Å². The second-order valence-electron chi connectivity index (χ2n) is 8.78. The number of anilines is 2. The van der Waals surface area contributed by atoms with Gasteiger partial charge in [0.05, 0.1) is 11.4 Å². The summed E-state index contributed by atoms with van der Waals surface area (Å²) in [6.45, 7) is 5.25. The van der Waals surface area contributed by atoms with Gasteiger partial charge in [0.1, 0.15) is 16.6 Å². The van der Waals surface area contributed by atoms with E-state index in [4.69, 9.17) is 4.52 Å². The zero-order valence-corrected chi connectivity index (χ0v) is 19.5. The summed E-state index contributed by atoms with van der Waals surface area (Å²) in [6, 6.07) is 5.28. The number of carbonyl (C=O) groups is 2. The molecule has 2 fully saturated rings. The summed E-state index contributed by atoms with van der Waals surface area (Å²) in [7, 11) is -3.76. The molecule has 11 heteroatoms. The Kier molecular flexibility index (Phi) is 5.40. The summed E-state index contributed by atoms with van der Waals surface area (Å²) in [5, 5.41) is 6.71. The van der Waals surface area contributed by atoms with E-state index >= 15 is 0 Å². The SMILES string of the molecule is Cc1noc(C)c1S(=O)(=O)N1CCCN(C(=O)c2ccc3c(c2)NC(=O)[C@@H]2CCCN32)CC1. The van der Waals surface area contributed by atoms with E-state index in [1.807, 2.05) is 6.07 Å². The van der Waals surface area contributed by atoms with Crippen molar-refractivity contribution in [2.75, 3.05) is 42.9 Å². The Hall–Kier alpha value is -2.92. The standard InChI is InChI=1S/C22H27N5O5S/c1-14-20(15(2)32-24-14)33(30,31)26-9-4-8-25(11-12-26)22(29)16-6-7-18-17(13-16)23-21(28)19-5-3-10-27(18)19/h6-7,13,19H,3-5,8-12H2,1-2H3,(H,23,28)/t19-/m0/s1. The Morgan fingerprint density at radius 3 is 2.70 bits per heavy atom. The van der Waals surface area contributed by atoms with Crippen LogP contribution in [-0.2, 0) is 14.8 Å². The highest BCUT2D eigenvalue weighted by Gasteiger charge is 2.37. The molecule has 0 spiro atoms. The van der Waals surface area contributed by atoms with Crippen LogP contribution < -0.4 is 10.2 Å². The Labute approximate surface area is 192 Å². The third-order valence-corrected chi connectivity index (χ3v) is 8.82. The van der Waals surface area contributed by atoms with Crippen LogP contribution in [0.15, 0.2) is 27.6 Å². The summed E-state index contributed by atoms with van der Waals surface area (Å²) in [6.07, 6.45) is 2.33. The smallest absolute Gasteiger partial charge is 0.253 e. The predicted octanol–water partition coefficient (Wildman–Crippen LogP) is 1.75. The molecule has 0 bridgehead atoms. The van der Waals surface area contributed by atoms with Crippen molar-refractivity contribution in [1.82, 2.24) is 14.4 Å². The van der Waals surface area contributed by atoms with E-state index in [1.54, 1.807) is 30.9 Å². The number of rotatable bonds is 3. The lowest BCUT2D eigenvalue weighted by atomic mass is 10.1. The molecule has 4 heterocycles. The Morgan fingerprint density at radius 2 is 1.94 bits per heavy atom. The zero-order chi connectivity index (χ0) is 23.3. The zero-order valence-electron chi connectivity index (χ0n) is 18.7. The van der Waals surface area contributed by atoms with Crippen molar-refractivity contribution >= 4 is 33.2 Å². The monoisotopic (exact) mass is 473 g/mol. The number of amides is 2. The molecule has 0 unspecified atom stereocenters. The Bertz CT molecular complexity index is 1200. The molecular weight excluding hydrogens is 446 g/mol. The molecule has 3 aliphatic rings. The van der Waals surface area contributed by atoms with Gasteiger partial charge in [-0.1, -0.05) is 5.16 Å². The van der Waals surface area contributed by atoms with E-state index in [2.05, 4.69) is 15.4 Å². The number of hydrogen-bond donors (Lipinski definition) is 1. The first-order valence-corrected chi connectivity index (χ1v) is 12.7. The minimum absolute atomic E-state index is 0.0282. The number of benzene rings is 1. The molecule has 5 rings (SSSR count). The number of aryl methyl sites for hydroxylation is 2. The van der Waals surface area contributed by atoms with Gasteiger partial charge >= 0.3 is 0 Å². The van der Waals surface area contributed by atoms with Crippen molar-refractivity contribution < 1.29 is 22.5 Å². The van der Waals surface area contributed by atoms with E-state index < -0.39 is 10.0 Å². The molecule has 3 aliphatic heterocycles. The van der Waals surface area contributed by atoms with Crippen molar-refractivity contribution in [3.8, 4) is 0 Å². The van der Waals surface area contributed by atoms with Gasteiger partial charge in [-0.3, -0.25) is 9.59 Å². The number of fused-ring (bicyclic) bond motifs is 3. The highest BCUT2D eigenvalue weighted by atomic mass is 32.2. The summed E-state index contributed by atoms with van der Waals surface area (Å²) < 4.78 is 32.7. The number of aromatic nitrogens is 1. The van der Waals surface area contributed by atoms with Crippen LogP contribution in [0, 0.1) is 13.8 Å². The quantitative estimate of drug-likeness (QED) is 0.722. The molecule has 2 saturated heterocycles. The van der Waals surface area contributed by atoms with Crippen LogP contribution in [0.5, 0.6) is 0 Å². The number of nitrogens with one attached hydrogen (secondary N) is 1. The van der Waals surface area contributed by atoms with Gasteiger partial charge in [0.15, 0.2) is 5.76 Å². The molecule has 2 amide bonds. The molecule has 33 heavy (non-hydrogen) atoms. The van der Waals surface area contributed by atoms with Crippen LogP contribution in [0.2, 0.25) is 0 Å². The molecule has 1 aromatic heterocycles. The molecule has 0 saturated carbocycles. The van der Waals surface area contributed by atoms with Gasteiger partial charge < -0.3 is 19.6 Å². The van der Waals surface area contributed by atoms with E-state index in [1.165, 1.54) is 4.31 Å².